The van der Waals surface area contributed by atoms with Crippen LogP contribution in [0.5, 0.6) is 0 Å². The molecule has 284 valence electrons. The maximum Gasteiger partial charge on any atom is 0.421 e. The van der Waals surface area contributed by atoms with Gasteiger partial charge in [-0.05, 0) is 73.5 Å². The molecule has 0 unspecified atom stereocenters. The SMILES string of the molecule is Cn1cc[n+](C)c1N=Nc1ccc(NCCCNc2cccc3c2C(=O)c2c(NCCCNc4ccc(N=Nc5n(C)cc[n+]5C)cc4)cccc2C3=O)cc1. The maximum atomic E-state index is 14.1. The number of carbonyl (C=O) groups excluding carboxylic acids is 2. The van der Waals surface area contributed by atoms with E-state index >= 15 is 0 Å². The van der Waals surface area contributed by atoms with Crippen LogP contribution in [0.15, 0.2) is 130 Å². The van der Waals surface area contributed by atoms with Gasteiger partial charge in [-0.25, -0.2) is 18.3 Å². The van der Waals surface area contributed by atoms with Gasteiger partial charge < -0.3 is 21.3 Å². The molecule has 14 heteroatoms. The largest absolute Gasteiger partial charge is 0.421 e. The van der Waals surface area contributed by atoms with Gasteiger partial charge in [0.2, 0.25) is 0 Å². The average molecular weight is 751 g/mol. The molecule has 0 saturated heterocycles. The number of hydrogen-bond acceptors (Lipinski definition) is 10. The van der Waals surface area contributed by atoms with Crippen molar-refractivity contribution in [2.75, 3.05) is 47.4 Å². The minimum absolute atomic E-state index is 0.147. The first-order valence-corrected chi connectivity index (χ1v) is 18.6. The molecule has 0 atom stereocenters. The monoisotopic (exact) mass is 750 g/mol. The molecule has 1 aliphatic carbocycles. The number of azo groups is 2. The fourth-order valence-electron chi connectivity index (χ4n) is 6.57. The minimum atomic E-state index is -0.159. The molecule has 4 aromatic carbocycles. The van der Waals surface area contributed by atoms with E-state index in [0.29, 0.717) is 59.8 Å². The third-order valence-corrected chi connectivity index (χ3v) is 9.60. The van der Waals surface area contributed by atoms with Gasteiger partial charge >= 0.3 is 11.9 Å². The normalized spacial score (nSPS) is 12.3. The maximum absolute atomic E-state index is 14.1. The van der Waals surface area contributed by atoms with Gasteiger partial charge in [-0.3, -0.25) is 9.59 Å². The van der Waals surface area contributed by atoms with Gasteiger partial charge in [-0.15, -0.1) is 0 Å². The van der Waals surface area contributed by atoms with E-state index in [0.717, 1.165) is 47.5 Å². The predicted molar refractivity (Wildman–Crippen MR) is 217 cm³/mol. The van der Waals surface area contributed by atoms with Crippen molar-refractivity contribution < 1.29 is 18.7 Å². The van der Waals surface area contributed by atoms with Gasteiger partial charge in [-0.2, -0.15) is 0 Å². The molecular weight excluding hydrogens is 705 g/mol. The van der Waals surface area contributed by atoms with Crippen molar-refractivity contribution in [2.45, 2.75) is 12.8 Å². The van der Waals surface area contributed by atoms with Crippen LogP contribution in [-0.4, -0.2) is 46.9 Å². The molecule has 6 aromatic rings. The number of aryl methyl sites for hydroxylation is 4. The Morgan fingerprint density at radius 3 is 1.32 bits per heavy atom. The Kier molecular flexibility index (Phi) is 11.4. The summed E-state index contributed by atoms with van der Waals surface area (Å²) < 4.78 is 7.64. The van der Waals surface area contributed by atoms with E-state index in [1.54, 1.807) is 12.1 Å². The summed E-state index contributed by atoms with van der Waals surface area (Å²) in [6.45, 7) is 2.66. The molecule has 2 heterocycles. The Morgan fingerprint density at radius 1 is 0.518 bits per heavy atom. The number of hydrogen-bond donors (Lipinski definition) is 4. The zero-order valence-electron chi connectivity index (χ0n) is 32.0. The Hall–Kier alpha value is -6.96. The van der Waals surface area contributed by atoms with E-state index in [9.17, 15) is 9.59 Å². The predicted octanol–water partition coefficient (Wildman–Crippen LogP) is 7.45. The van der Waals surface area contributed by atoms with Gasteiger partial charge in [0.15, 0.2) is 11.6 Å². The Labute approximate surface area is 325 Å². The molecule has 0 radical (unpaired) electrons. The Balaban J connectivity index is 0.895. The molecule has 7 rings (SSSR count). The lowest BCUT2D eigenvalue weighted by atomic mass is 9.82. The molecule has 2 aromatic heterocycles. The van der Waals surface area contributed by atoms with Crippen LogP contribution in [0.25, 0.3) is 0 Å². The van der Waals surface area contributed by atoms with Crippen LogP contribution >= 0.6 is 0 Å². The number of anilines is 4. The second kappa shape index (κ2) is 17.0. The highest BCUT2D eigenvalue weighted by atomic mass is 16.1. The van der Waals surface area contributed by atoms with Crippen molar-refractivity contribution in [2.24, 2.45) is 48.6 Å². The first kappa shape index (κ1) is 37.4. The fraction of sp³-hybridized carbons (Fsp3) is 0.238. The van der Waals surface area contributed by atoms with Gasteiger partial charge in [0.1, 0.15) is 11.4 Å². The van der Waals surface area contributed by atoms with Gasteiger partial charge in [0, 0.05) is 70.3 Å². The van der Waals surface area contributed by atoms with Gasteiger partial charge in [0.25, 0.3) is 0 Å². The summed E-state index contributed by atoms with van der Waals surface area (Å²) in [6, 6.07) is 26.4. The quantitative estimate of drug-likeness (QED) is 0.0458. The number of fused-ring (bicyclic) bond motifs is 2. The zero-order chi connectivity index (χ0) is 39.0. The summed E-state index contributed by atoms with van der Waals surface area (Å²) in [7, 11) is 7.72. The average Bonchev–Trinajstić information content (AvgIpc) is 3.72. The van der Waals surface area contributed by atoms with Crippen molar-refractivity contribution in [3.8, 4) is 0 Å². The summed E-state index contributed by atoms with van der Waals surface area (Å²) in [5.74, 6) is 1.20. The summed E-state index contributed by atoms with van der Waals surface area (Å²) in [5.41, 5.74) is 6.49. The summed E-state index contributed by atoms with van der Waals surface area (Å²) in [4.78, 5) is 27.8. The number of rotatable bonds is 16. The number of benzene rings is 4. The Morgan fingerprint density at radius 2 is 0.929 bits per heavy atom. The second-order valence-corrected chi connectivity index (χ2v) is 13.7. The number of carbonyl (C=O) groups is 2. The molecule has 0 aliphatic heterocycles. The first-order valence-electron chi connectivity index (χ1n) is 18.6. The smallest absolute Gasteiger partial charge is 0.385 e. The highest BCUT2D eigenvalue weighted by molar-refractivity contribution is 6.31. The molecular formula is C42H46N12O2+2. The Bertz CT molecular complexity index is 2210. The van der Waals surface area contributed by atoms with E-state index in [-0.39, 0.29) is 11.6 Å². The molecule has 0 bridgehead atoms. The van der Waals surface area contributed by atoms with Crippen molar-refractivity contribution >= 4 is 57.6 Å². The van der Waals surface area contributed by atoms with E-state index in [1.165, 1.54) is 0 Å². The molecule has 4 N–H and O–H groups in total. The molecule has 14 nitrogen and oxygen atoms in total. The number of nitrogens with zero attached hydrogens (tertiary/aromatic N) is 8. The topological polar surface area (TPSA) is 149 Å². The number of imidazole rings is 2. The zero-order valence-corrected chi connectivity index (χ0v) is 32.0. The van der Waals surface area contributed by atoms with Crippen LogP contribution in [0.4, 0.5) is 46.0 Å². The van der Waals surface area contributed by atoms with E-state index in [4.69, 9.17) is 0 Å². The fourth-order valence-corrected chi connectivity index (χ4v) is 6.57. The second-order valence-electron chi connectivity index (χ2n) is 13.7. The number of ketones is 2. The van der Waals surface area contributed by atoms with Crippen LogP contribution < -0.4 is 30.4 Å². The van der Waals surface area contributed by atoms with Crippen LogP contribution in [0.3, 0.4) is 0 Å². The molecule has 0 amide bonds. The highest BCUT2D eigenvalue weighted by Gasteiger charge is 2.33. The number of aromatic nitrogens is 4. The third-order valence-electron chi connectivity index (χ3n) is 9.60. The van der Waals surface area contributed by atoms with Crippen LogP contribution in [0.2, 0.25) is 0 Å². The van der Waals surface area contributed by atoms with E-state index < -0.39 is 0 Å². The summed E-state index contributed by atoms with van der Waals surface area (Å²) in [6.07, 6.45) is 9.30. The van der Waals surface area contributed by atoms with Crippen LogP contribution in [0.1, 0.15) is 44.7 Å². The van der Waals surface area contributed by atoms with E-state index in [2.05, 4.69) is 41.7 Å². The van der Waals surface area contributed by atoms with Crippen molar-refractivity contribution in [1.29, 1.82) is 0 Å². The minimum Gasteiger partial charge on any atom is -0.385 e. The number of nitrogens with one attached hydrogen (secondary N) is 4. The van der Waals surface area contributed by atoms with Crippen LogP contribution in [-0.2, 0) is 28.2 Å². The van der Waals surface area contributed by atoms with Crippen LogP contribution in [0, 0.1) is 0 Å². The molecule has 0 spiro atoms. The van der Waals surface area contributed by atoms with Gasteiger partial charge in [0.05, 0.1) is 64.1 Å². The van der Waals surface area contributed by atoms with Gasteiger partial charge in [-0.1, -0.05) is 34.5 Å². The first-order chi connectivity index (χ1) is 27.3. The third kappa shape index (κ3) is 8.39. The molecule has 1 aliphatic rings. The molecule has 56 heavy (non-hydrogen) atoms. The van der Waals surface area contributed by atoms with E-state index in [1.807, 2.05) is 144 Å². The molecule has 0 saturated carbocycles. The summed E-state index contributed by atoms with van der Waals surface area (Å²) >= 11 is 0. The standard InChI is InChI=1S/C42H44N12O2/c1-51-25-26-52(2)41(51)49-47-31-17-13-29(14-18-31)43-21-7-23-45-35-11-5-9-33-37(35)40(56)38-34(39(33)55)10-6-12-36(38)46-24-8-22-44-30-15-19-32(20-16-30)48-50-42-53(3)27-28-54(42)4/h5-6,9-20,25-28H,7-8,21-24H2,1-4H3,(H2,45,46,56)/p+2. The van der Waals surface area contributed by atoms with Crippen molar-refractivity contribution in [1.82, 2.24) is 9.13 Å². The lowest BCUT2D eigenvalue weighted by Gasteiger charge is -2.23. The molecule has 0 fully saturated rings. The highest BCUT2D eigenvalue weighted by Crippen LogP contribution is 2.35. The van der Waals surface area contributed by atoms with Crippen molar-refractivity contribution in [3.05, 3.63) is 132 Å². The summed E-state index contributed by atoms with van der Waals surface area (Å²) in [5, 5.41) is 31.1. The van der Waals surface area contributed by atoms with Crippen molar-refractivity contribution in [3.63, 3.8) is 0 Å². The lowest BCUT2D eigenvalue weighted by Crippen LogP contribution is -2.25. The lowest BCUT2D eigenvalue weighted by molar-refractivity contribution is -0.657.